The summed E-state index contributed by atoms with van der Waals surface area (Å²) in [6, 6.07) is 0. The van der Waals surface area contributed by atoms with Gasteiger partial charge >= 0.3 is 0 Å². The summed E-state index contributed by atoms with van der Waals surface area (Å²) in [5.74, 6) is -0.130. The third kappa shape index (κ3) is 4.97. The summed E-state index contributed by atoms with van der Waals surface area (Å²) < 4.78 is 1.99. The molecule has 0 unspecified atom stereocenters. The first-order chi connectivity index (χ1) is 14.1. The van der Waals surface area contributed by atoms with Crippen LogP contribution in [0.4, 0.5) is 0 Å². The Hall–Kier alpha value is -2.81. The summed E-state index contributed by atoms with van der Waals surface area (Å²) in [7, 11) is 0. The summed E-state index contributed by atoms with van der Waals surface area (Å²) in [6.07, 6.45) is 12.3. The molecule has 0 aliphatic carbocycles. The number of likely N-dealkylation sites (tertiary alicyclic amines) is 1. The smallest absolute Gasteiger partial charge is 0.269 e. The Balaban J connectivity index is 1.25. The summed E-state index contributed by atoms with van der Waals surface area (Å²) in [6.45, 7) is 5.82. The molecule has 154 valence electrons. The van der Waals surface area contributed by atoms with Crippen molar-refractivity contribution in [2.24, 2.45) is 5.16 Å². The minimum Gasteiger partial charge on any atom is -0.387 e. The van der Waals surface area contributed by atoms with Crippen LogP contribution in [0, 0.1) is 6.92 Å². The van der Waals surface area contributed by atoms with Crippen molar-refractivity contribution in [3.63, 3.8) is 0 Å². The lowest BCUT2D eigenvalue weighted by Gasteiger charge is -2.38. The van der Waals surface area contributed by atoms with E-state index in [1.54, 1.807) is 18.7 Å². The molecular weight excluding hydrogens is 370 g/mol. The average molecular weight is 397 g/mol. The van der Waals surface area contributed by atoms with Gasteiger partial charge in [-0.25, -0.2) is 4.98 Å². The van der Waals surface area contributed by atoms with E-state index in [9.17, 15) is 4.79 Å². The second-order valence-corrected chi connectivity index (χ2v) is 7.87. The third-order valence-electron chi connectivity index (χ3n) is 5.35. The Bertz CT molecular complexity index is 867. The molecule has 0 aromatic carbocycles. The standard InChI is InChI=1S/C20H27N7O2/c1-16-11-22-12-17(24-16)13-27-7-2-4-20(14-27)10-18(25-29-20)19(28)23-5-3-8-26-9-6-21-15-26/h6,9,11-12,15H,2-5,7-8,10,13-14H2,1H3,(H,23,28)/t20-/m1/s1. The van der Waals surface area contributed by atoms with Crippen molar-refractivity contribution in [3.8, 4) is 0 Å². The number of aromatic nitrogens is 4. The van der Waals surface area contributed by atoms with Gasteiger partial charge in [-0.1, -0.05) is 5.16 Å². The zero-order valence-electron chi connectivity index (χ0n) is 16.8. The highest BCUT2D eigenvalue weighted by Crippen LogP contribution is 2.33. The number of hydrogen-bond donors (Lipinski definition) is 1. The fourth-order valence-corrected chi connectivity index (χ4v) is 3.99. The zero-order valence-corrected chi connectivity index (χ0v) is 16.8. The lowest BCUT2D eigenvalue weighted by atomic mass is 9.88. The molecule has 29 heavy (non-hydrogen) atoms. The number of nitrogens with one attached hydrogen (secondary N) is 1. The number of hydrogen-bond acceptors (Lipinski definition) is 7. The van der Waals surface area contributed by atoms with E-state index in [-0.39, 0.29) is 5.91 Å². The van der Waals surface area contributed by atoms with Crippen molar-refractivity contribution in [1.29, 1.82) is 0 Å². The van der Waals surface area contributed by atoms with Crippen molar-refractivity contribution in [2.45, 2.75) is 51.3 Å². The van der Waals surface area contributed by atoms with E-state index in [1.165, 1.54) is 0 Å². The van der Waals surface area contributed by atoms with Gasteiger partial charge < -0.3 is 14.7 Å². The van der Waals surface area contributed by atoms with Gasteiger partial charge in [0.25, 0.3) is 5.91 Å². The predicted octanol–water partition coefficient (Wildman–Crippen LogP) is 1.30. The number of oxime groups is 1. The Morgan fingerprint density at radius 2 is 2.28 bits per heavy atom. The van der Waals surface area contributed by atoms with Crippen LogP contribution in [0.15, 0.2) is 36.3 Å². The summed E-state index contributed by atoms with van der Waals surface area (Å²) >= 11 is 0. The van der Waals surface area contributed by atoms with Crippen LogP contribution >= 0.6 is 0 Å². The number of imidazole rings is 1. The molecule has 0 saturated carbocycles. The molecule has 2 aliphatic rings. The van der Waals surface area contributed by atoms with Crippen LogP contribution < -0.4 is 5.32 Å². The van der Waals surface area contributed by atoms with E-state index >= 15 is 0 Å². The molecule has 2 aromatic rings. The second kappa shape index (κ2) is 8.69. The predicted molar refractivity (Wildman–Crippen MR) is 107 cm³/mol. The van der Waals surface area contributed by atoms with Gasteiger partial charge in [-0.05, 0) is 32.7 Å². The Morgan fingerprint density at radius 1 is 1.34 bits per heavy atom. The first-order valence-electron chi connectivity index (χ1n) is 10.1. The molecule has 9 nitrogen and oxygen atoms in total. The van der Waals surface area contributed by atoms with Crippen molar-refractivity contribution >= 4 is 11.6 Å². The Labute approximate surface area is 170 Å². The molecule has 1 N–H and O–H groups in total. The maximum Gasteiger partial charge on any atom is 0.269 e. The van der Waals surface area contributed by atoms with Crippen molar-refractivity contribution in [3.05, 3.63) is 42.5 Å². The number of rotatable bonds is 7. The van der Waals surface area contributed by atoms with Gasteiger partial charge in [0, 0.05) is 57.4 Å². The summed E-state index contributed by atoms with van der Waals surface area (Å²) in [4.78, 5) is 33.4. The van der Waals surface area contributed by atoms with Gasteiger partial charge in [-0.3, -0.25) is 19.7 Å². The molecule has 1 amide bonds. The quantitative estimate of drug-likeness (QED) is 0.708. The molecule has 4 rings (SSSR count). The van der Waals surface area contributed by atoms with E-state index < -0.39 is 5.60 Å². The molecule has 1 atom stereocenters. The van der Waals surface area contributed by atoms with Crippen molar-refractivity contribution in [2.75, 3.05) is 19.6 Å². The third-order valence-corrected chi connectivity index (χ3v) is 5.35. The normalized spacial score (nSPS) is 21.8. The molecule has 9 heteroatoms. The molecule has 4 heterocycles. The number of amides is 1. The maximum atomic E-state index is 12.5. The first kappa shape index (κ1) is 19.5. The molecule has 1 saturated heterocycles. The largest absolute Gasteiger partial charge is 0.387 e. The van der Waals surface area contributed by atoms with Crippen LogP contribution in [-0.4, -0.2) is 61.3 Å². The van der Waals surface area contributed by atoms with E-state index in [0.717, 1.165) is 56.8 Å². The van der Waals surface area contributed by atoms with Crippen LogP contribution in [0.1, 0.15) is 37.1 Å². The molecule has 1 fully saturated rings. The van der Waals surface area contributed by atoms with Gasteiger partial charge in [0.15, 0.2) is 5.60 Å². The van der Waals surface area contributed by atoms with Crippen LogP contribution in [-0.2, 0) is 22.7 Å². The Kier molecular flexibility index (Phi) is 5.84. The average Bonchev–Trinajstić information content (AvgIpc) is 3.36. The highest BCUT2D eigenvalue weighted by Gasteiger charge is 2.44. The first-order valence-corrected chi connectivity index (χ1v) is 10.1. The SMILES string of the molecule is Cc1cncc(CN2CCC[C@@]3(CC(C(=O)NCCCn4ccnc4)=NO3)C2)n1. The molecule has 0 bridgehead atoms. The lowest BCUT2D eigenvalue weighted by Crippen LogP contribution is -2.48. The van der Waals surface area contributed by atoms with Gasteiger partial charge in [0.1, 0.15) is 5.71 Å². The van der Waals surface area contributed by atoms with Crippen molar-refractivity contribution in [1.82, 2.24) is 29.7 Å². The summed E-state index contributed by atoms with van der Waals surface area (Å²) in [5, 5.41) is 7.08. The minimum atomic E-state index is -0.404. The highest BCUT2D eigenvalue weighted by molar-refractivity contribution is 6.39. The fraction of sp³-hybridized carbons (Fsp3) is 0.550. The van der Waals surface area contributed by atoms with Crippen LogP contribution in [0.3, 0.4) is 0 Å². The summed E-state index contributed by atoms with van der Waals surface area (Å²) in [5.41, 5.74) is 1.96. The van der Waals surface area contributed by atoms with E-state index in [2.05, 4.69) is 30.3 Å². The number of carbonyl (C=O) groups excluding carboxylic acids is 1. The number of carbonyl (C=O) groups is 1. The monoisotopic (exact) mass is 397 g/mol. The molecule has 2 aromatic heterocycles. The maximum absolute atomic E-state index is 12.5. The van der Waals surface area contributed by atoms with Gasteiger partial charge in [-0.15, -0.1) is 0 Å². The number of aryl methyl sites for hydroxylation is 2. The Morgan fingerprint density at radius 3 is 3.10 bits per heavy atom. The van der Waals surface area contributed by atoms with Gasteiger partial charge in [0.05, 0.1) is 17.7 Å². The van der Waals surface area contributed by atoms with Gasteiger partial charge in [-0.2, -0.15) is 0 Å². The number of piperidine rings is 1. The minimum absolute atomic E-state index is 0.130. The van der Waals surface area contributed by atoms with Crippen LogP contribution in [0.2, 0.25) is 0 Å². The number of nitrogens with zero attached hydrogens (tertiary/aromatic N) is 6. The highest BCUT2D eigenvalue weighted by atomic mass is 16.7. The van der Waals surface area contributed by atoms with Crippen molar-refractivity contribution < 1.29 is 9.63 Å². The lowest BCUT2D eigenvalue weighted by molar-refractivity contribution is -0.114. The topological polar surface area (TPSA) is 97.5 Å². The fourth-order valence-electron chi connectivity index (χ4n) is 3.99. The van der Waals surface area contributed by atoms with Gasteiger partial charge in [0.2, 0.25) is 0 Å². The molecule has 2 aliphatic heterocycles. The van der Waals surface area contributed by atoms with E-state index in [4.69, 9.17) is 4.84 Å². The molecular formula is C20H27N7O2. The zero-order chi connectivity index (χ0) is 20.1. The van der Waals surface area contributed by atoms with E-state index in [1.807, 2.05) is 23.9 Å². The second-order valence-electron chi connectivity index (χ2n) is 7.87. The molecule has 0 radical (unpaired) electrons. The van der Waals surface area contributed by atoms with Crippen LogP contribution in [0.25, 0.3) is 0 Å². The van der Waals surface area contributed by atoms with E-state index in [0.29, 0.717) is 18.7 Å². The van der Waals surface area contributed by atoms with Crippen LogP contribution in [0.5, 0.6) is 0 Å². The molecule has 1 spiro atoms.